The minimum Gasteiger partial charge on any atom is -0.355 e. The Labute approximate surface area is 173 Å². The van der Waals surface area contributed by atoms with Crippen LogP contribution in [-0.2, 0) is 10.0 Å². The van der Waals surface area contributed by atoms with Gasteiger partial charge in [0.05, 0.1) is 5.75 Å². The molecule has 1 fully saturated rings. The first-order valence-electron chi connectivity index (χ1n) is 8.78. The predicted molar refractivity (Wildman–Crippen MR) is 117 cm³/mol. The van der Waals surface area contributed by atoms with Gasteiger partial charge in [-0.1, -0.05) is 36.4 Å². The van der Waals surface area contributed by atoms with Crippen LogP contribution in [0.5, 0.6) is 0 Å². The van der Waals surface area contributed by atoms with Crippen LogP contribution in [0.2, 0.25) is 0 Å². The van der Waals surface area contributed by atoms with Crippen molar-refractivity contribution in [1.82, 2.24) is 14.5 Å². The molecule has 6 nitrogen and oxygen atoms in total. The van der Waals surface area contributed by atoms with Gasteiger partial charge < -0.3 is 10.2 Å². The van der Waals surface area contributed by atoms with Gasteiger partial charge in [0.1, 0.15) is 0 Å². The topological polar surface area (TPSA) is 65.0 Å². The molecule has 1 aromatic rings. The highest BCUT2D eigenvalue weighted by atomic mass is 127. The summed E-state index contributed by atoms with van der Waals surface area (Å²) in [6.07, 6.45) is 3.96. The molecule has 0 amide bonds. The number of halogens is 1. The molecule has 0 bridgehead atoms. The molecule has 1 aromatic carbocycles. The number of nitrogens with zero attached hydrogens (tertiary/aromatic N) is 3. The number of benzene rings is 1. The second-order valence-corrected chi connectivity index (χ2v) is 8.42. The first kappa shape index (κ1) is 21.2. The third-order valence-electron chi connectivity index (χ3n) is 4.71. The molecule has 0 atom stereocenters. The molecule has 1 saturated heterocycles. The summed E-state index contributed by atoms with van der Waals surface area (Å²) >= 11 is 0. The van der Waals surface area contributed by atoms with Crippen molar-refractivity contribution in [3.63, 3.8) is 0 Å². The lowest BCUT2D eigenvalue weighted by molar-refractivity contribution is 0.420. The van der Waals surface area contributed by atoms with E-state index >= 15 is 0 Å². The fraction of sp³-hybridized carbons (Fsp3) is 0.500. The molecule has 0 saturated carbocycles. The van der Waals surface area contributed by atoms with Crippen molar-refractivity contribution in [2.75, 3.05) is 45.5 Å². The van der Waals surface area contributed by atoms with E-state index in [-0.39, 0.29) is 29.7 Å². The summed E-state index contributed by atoms with van der Waals surface area (Å²) in [6.45, 7) is 3.43. The maximum Gasteiger partial charge on any atom is 0.214 e. The molecule has 8 heteroatoms. The van der Waals surface area contributed by atoms with Crippen LogP contribution in [0, 0.1) is 0 Å². The average Bonchev–Trinajstić information content (AvgIpc) is 2.98. The predicted octanol–water partition coefficient (Wildman–Crippen LogP) is 2.00. The van der Waals surface area contributed by atoms with Gasteiger partial charge in [-0.05, 0) is 24.0 Å². The van der Waals surface area contributed by atoms with E-state index in [1.54, 1.807) is 11.4 Å². The number of guanidine groups is 1. The van der Waals surface area contributed by atoms with Gasteiger partial charge in [-0.25, -0.2) is 12.7 Å². The molecule has 2 aliphatic rings. The Kier molecular flexibility index (Phi) is 7.90. The first-order valence-corrected chi connectivity index (χ1v) is 10.4. The van der Waals surface area contributed by atoms with Crippen LogP contribution < -0.4 is 5.32 Å². The van der Waals surface area contributed by atoms with Gasteiger partial charge in [-0.15, -0.1) is 24.0 Å². The number of sulfonamides is 1. The molecule has 3 rings (SSSR count). The highest BCUT2D eigenvalue weighted by molar-refractivity contribution is 14.0. The van der Waals surface area contributed by atoms with Crippen LogP contribution in [0.3, 0.4) is 0 Å². The first-order chi connectivity index (χ1) is 12.1. The van der Waals surface area contributed by atoms with Gasteiger partial charge in [0.25, 0.3) is 0 Å². The fourth-order valence-electron chi connectivity index (χ4n) is 3.34. The lowest BCUT2D eigenvalue weighted by Gasteiger charge is -2.30. The van der Waals surface area contributed by atoms with Crippen LogP contribution >= 0.6 is 24.0 Å². The number of hydrogen-bond donors (Lipinski definition) is 1. The molecule has 0 unspecified atom stereocenters. The maximum absolute atomic E-state index is 11.8. The Morgan fingerprint density at radius 1 is 1.23 bits per heavy atom. The lowest BCUT2D eigenvalue weighted by Crippen LogP contribution is -2.46. The number of aliphatic imine (C=N–C) groups is 1. The summed E-state index contributed by atoms with van der Waals surface area (Å²) in [5.74, 6) is 1.11. The zero-order valence-corrected chi connectivity index (χ0v) is 18.2. The number of hydrogen-bond acceptors (Lipinski definition) is 3. The van der Waals surface area contributed by atoms with Crippen LogP contribution in [0.4, 0.5) is 0 Å². The molecule has 0 spiro atoms. The third-order valence-corrected chi connectivity index (χ3v) is 6.67. The molecule has 26 heavy (non-hydrogen) atoms. The van der Waals surface area contributed by atoms with E-state index in [2.05, 4.69) is 45.6 Å². The van der Waals surface area contributed by atoms with Crippen molar-refractivity contribution in [1.29, 1.82) is 0 Å². The quantitative estimate of drug-likeness (QED) is 0.399. The monoisotopic (exact) mass is 490 g/mol. The van der Waals surface area contributed by atoms with Crippen LogP contribution in [-0.4, -0.2) is 69.1 Å². The minimum absolute atomic E-state index is 0. The van der Waals surface area contributed by atoms with Crippen molar-refractivity contribution >= 4 is 45.5 Å². The van der Waals surface area contributed by atoms with E-state index in [0.29, 0.717) is 19.6 Å². The van der Waals surface area contributed by atoms with E-state index < -0.39 is 10.0 Å². The summed E-state index contributed by atoms with van der Waals surface area (Å²) in [5.41, 5.74) is 2.65. The fourth-order valence-corrected chi connectivity index (χ4v) is 4.87. The van der Waals surface area contributed by atoms with Crippen molar-refractivity contribution in [2.45, 2.75) is 12.8 Å². The SMILES string of the molecule is CN=C(NCCN1CCCS1(=O)=O)N1CC=C(c2ccccc2)CC1.I. The molecule has 1 N–H and O–H groups in total. The summed E-state index contributed by atoms with van der Waals surface area (Å²) in [4.78, 5) is 6.54. The standard InChI is InChI=1S/C18H26N4O2S.HI/c1-19-18(20-10-14-22-11-5-15-25(22,23)24)21-12-8-17(9-13-21)16-6-3-2-4-7-16;/h2-4,6-8H,5,9-15H2,1H3,(H,19,20);1H. The Morgan fingerprint density at radius 2 is 2.00 bits per heavy atom. The van der Waals surface area contributed by atoms with Crippen LogP contribution in [0.15, 0.2) is 41.4 Å². The molecular formula is C18H27IN4O2S. The number of nitrogens with one attached hydrogen (secondary N) is 1. The normalized spacial score (nSPS) is 20.4. The largest absolute Gasteiger partial charge is 0.355 e. The Hall–Kier alpha value is -1.13. The van der Waals surface area contributed by atoms with Gasteiger partial charge in [-0.2, -0.15) is 0 Å². The third kappa shape index (κ3) is 5.20. The van der Waals surface area contributed by atoms with Crippen LogP contribution in [0.25, 0.3) is 5.57 Å². The zero-order chi connectivity index (χ0) is 17.7. The average molecular weight is 490 g/mol. The molecule has 0 aliphatic carbocycles. The van der Waals surface area contributed by atoms with Crippen molar-refractivity contribution in [2.24, 2.45) is 4.99 Å². The molecule has 144 valence electrons. The highest BCUT2D eigenvalue weighted by Gasteiger charge is 2.27. The maximum atomic E-state index is 11.8. The zero-order valence-electron chi connectivity index (χ0n) is 15.1. The van der Waals surface area contributed by atoms with Gasteiger partial charge in [-0.3, -0.25) is 4.99 Å². The number of rotatable bonds is 4. The molecule has 0 aromatic heterocycles. The second kappa shape index (κ2) is 9.70. The molecule has 0 radical (unpaired) electrons. The van der Waals surface area contributed by atoms with Crippen molar-refractivity contribution < 1.29 is 8.42 Å². The van der Waals surface area contributed by atoms with Crippen molar-refractivity contribution in [3.8, 4) is 0 Å². The summed E-state index contributed by atoms with van der Waals surface area (Å²) < 4.78 is 25.2. The minimum atomic E-state index is -3.02. The van der Waals surface area contributed by atoms with E-state index in [0.717, 1.165) is 31.9 Å². The Bertz CT molecular complexity index is 750. The summed E-state index contributed by atoms with van der Waals surface area (Å²) in [7, 11) is -1.25. The molecule has 2 heterocycles. The summed E-state index contributed by atoms with van der Waals surface area (Å²) in [5, 5.41) is 3.30. The van der Waals surface area contributed by atoms with Gasteiger partial charge in [0, 0.05) is 39.8 Å². The van der Waals surface area contributed by atoms with E-state index in [1.807, 2.05) is 6.07 Å². The van der Waals surface area contributed by atoms with Crippen LogP contribution in [0.1, 0.15) is 18.4 Å². The second-order valence-electron chi connectivity index (χ2n) is 6.33. The Morgan fingerprint density at radius 3 is 2.58 bits per heavy atom. The van der Waals surface area contributed by atoms with Gasteiger partial charge in [0.15, 0.2) is 5.96 Å². The lowest BCUT2D eigenvalue weighted by atomic mass is 10.00. The van der Waals surface area contributed by atoms with E-state index in [1.165, 1.54) is 11.1 Å². The van der Waals surface area contributed by atoms with E-state index in [9.17, 15) is 8.42 Å². The smallest absolute Gasteiger partial charge is 0.214 e. The van der Waals surface area contributed by atoms with Gasteiger partial charge >= 0.3 is 0 Å². The Balaban J connectivity index is 0.00000243. The van der Waals surface area contributed by atoms with Crippen molar-refractivity contribution in [3.05, 3.63) is 42.0 Å². The van der Waals surface area contributed by atoms with Gasteiger partial charge in [0.2, 0.25) is 10.0 Å². The van der Waals surface area contributed by atoms with E-state index in [4.69, 9.17) is 0 Å². The molecule has 2 aliphatic heterocycles. The summed E-state index contributed by atoms with van der Waals surface area (Å²) in [6, 6.07) is 10.5. The highest BCUT2D eigenvalue weighted by Crippen LogP contribution is 2.21. The molecular weight excluding hydrogens is 463 g/mol.